The molecule has 36 heavy (non-hydrogen) atoms. The molecule has 0 unspecified atom stereocenters. The molecule has 0 aliphatic carbocycles. The van der Waals surface area contributed by atoms with E-state index in [2.05, 4.69) is 31.9 Å². The van der Waals surface area contributed by atoms with Crippen LogP contribution in [0.5, 0.6) is 5.75 Å². The van der Waals surface area contributed by atoms with Crippen LogP contribution in [0.2, 0.25) is 0 Å². The lowest BCUT2D eigenvalue weighted by Gasteiger charge is -2.12. The van der Waals surface area contributed by atoms with E-state index in [1.165, 1.54) is 12.1 Å². The van der Waals surface area contributed by atoms with E-state index in [0.29, 0.717) is 16.9 Å². The van der Waals surface area contributed by atoms with Crippen LogP contribution in [0, 0.1) is 10.1 Å². The van der Waals surface area contributed by atoms with Crippen molar-refractivity contribution in [2.24, 2.45) is 0 Å². The molecule has 3 aromatic carbocycles. The molecule has 1 fully saturated rings. The molecule has 0 saturated carbocycles. The van der Waals surface area contributed by atoms with Crippen LogP contribution in [0.4, 0.5) is 10.5 Å². The third-order valence-corrected chi connectivity index (χ3v) is 7.07. The first-order valence-corrected chi connectivity index (χ1v) is 12.8. The van der Waals surface area contributed by atoms with Crippen molar-refractivity contribution in [2.75, 3.05) is 6.54 Å². The number of hydrogen-bond acceptors (Lipinski definition) is 7. The highest BCUT2D eigenvalue weighted by atomic mass is 79.9. The normalized spacial score (nSPS) is 14.4. The lowest BCUT2D eigenvalue weighted by atomic mass is 10.1. The average molecular weight is 632 g/mol. The quantitative estimate of drug-likeness (QED) is 0.119. The van der Waals surface area contributed by atoms with Gasteiger partial charge in [0.2, 0.25) is 0 Å². The van der Waals surface area contributed by atoms with Crippen molar-refractivity contribution in [2.45, 2.75) is 6.61 Å². The molecule has 1 saturated heterocycles. The third kappa shape index (κ3) is 6.10. The maximum absolute atomic E-state index is 13.0. The number of carbonyl (C=O) groups excluding carboxylic acids is 3. The van der Waals surface area contributed by atoms with E-state index in [1.54, 1.807) is 60.7 Å². The van der Waals surface area contributed by atoms with E-state index in [4.69, 9.17) is 4.74 Å². The standard InChI is InChI=1S/C25H16Br2N2O6S/c26-18-5-3-16(4-6-18)21(30)13-28-24(31)23(36-25(28)32)12-17-11-19(27)7-10-22(17)35-14-15-1-8-20(9-2-15)29(33)34/h1-12H,13-14H2/b23-12-. The van der Waals surface area contributed by atoms with Gasteiger partial charge in [-0.05, 0) is 65.9 Å². The number of halogens is 2. The number of ketones is 1. The van der Waals surface area contributed by atoms with Crippen molar-refractivity contribution in [1.29, 1.82) is 0 Å². The number of benzene rings is 3. The minimum Gasteiger partial charge on any atom is -0.488 e. The zero-order chi connectivity index (χ0) is 25.8. The van der Waals surface area contributed by atoms with Gasteiger partial charge in [0.1, 0.15) is 12.4 Å². The molecule has 0 atom stereocenters. The van der Waals surface area contributed by atoms with Crippen LogP contribution in [-0.4, -0.2) is 33.3 Å². The number of nitro benzene ring substituents is 1. The van der Waals surface area contributed by atoms with E-state index in [9.17, 15) is 24.5 Å². The van der Waals surface area contributed by atoms with Crippen molar-refractivity contribution < 1.29 is 24.0 Å². The van der Waals surface area contributed by atoms with Gasteiger partial charge in [0.25, 0.3) is 16.8 Å². The highest BCUT2D eigenvalue weighted by Gasteiger charge is 2.36. The second-order valence-corrected chi connectivity index (χ2v) is 10.4. The Labute approximate surface area is 226 Å². The van der Waals surface area contributed by atoms with Crippen LogP contribution in [-0.2, 0) is 11.4 Å². The molecule has 11 heteroatoms. The van der Waals surface area contributed by atoms with E-state index in [1.807, 2.05) is 0 Å². The molecule has 0 bridgehead atoms. The first kappa shape index (κ1) is 25.8. The van der Waals surface area contributed by atoms with Gasteiger partial charge in [-0.3, -0.25) is 29.4 Å². The van der Waals surface area contributed by atoms with Gasteiger partial charge in [-0.1, -0.05) is 44.0 Å². The maximum Gasteiger partial charge on any atom is 0.293 e. The molecule has 8 nitrogen and oxygen atoms in total. The molecule has 4 rings (SSSR count). The molecule has 2 amide bonds. The summed E-state index contributed by atoms with van der Waals surface area (Å²) in [4.78, 5) is 49.5. The van der Waals surface area contributed by atoms with E-state index < -0.39 is 16.1 Å². The van der Waals surface area contributed by atoms with Gasteiger partial charge in [0.05, 0.1) is 16.4 Å². The summed E-state index contributed by atoms with van der Waals surface area (Å²) in [5.41, 5.74) is 1.66. The number of imide groups is 1. The molecular formula is C25H16Br2N2O6S. The van der Waals surface area contributed by atoms with Crippen LogP contribution in [0.1, 0.15) is 21.5 Å². The Morgan fingerprint density at radius 2 is 1.67 bits per heavy atom. The minimum atomic E-state index is -0.559. The van der Waals surface area contributed by atoms with Crippen LogP contribution >= 0.6 is 43.6 Å². The molecule has 0 aromatic heterocycles. The first-order valence-electron chi connectivity index (χ1n) is 10.4. The summed E-state index contributed by atoms with van der Waals surface area (Å²) < 4.78 is 7.45. The number of nitrogens with zero attached hydrogens (tertiary/aromatic N) is 2. The number of ether oxygens (including phenoxy) is 1. The fourth-order valence-corrected chi connectivity index (χ4v) is 4.76. The molecule has 1 aliphatic rings. The second-order valence-electron chi connectivity index (χ2n) is 7.59. The molecule has 3 aromatic rings. The molecule has 182 valence electrons. The Hall–Kier alpha value is -3.28. The summed E-state index contributed by atoms with van der Waals surface area (Å²) in [5, 5.41) is 10.3. The summed E-state index contributed by atoms with van der Waals surface area (Å²) in [5.74, 6) is -0.452. The molecule has 0 radical (unpaired) electrons. The number of rotatable bonds is 8. The SMILES string of the molecule is O=C(CN1C(=O)S/C(=C\c2cc(Br)ccc2OCc2ccc([N+](=O)[O-])cc2)C1=O)c1ccc(Br)cc1. The summed E-state index contributed by atoms with van der Waals surface area (Å²) in [6.45, 7) is -0.213. The van der Waals surface area contributed by atoms with Crippen molar-refractivity contribution in [3.05, 3.63) is 107 Å². The summed E-state index contributed by atoms with van der Waals surface area (Å²) in [6, 6.07) is 17.9. The number of hydrogen-bond donors (Lipinski definition) is 0. The predicted octanol–water partition coefficient (Wildman–Crippen LogP) is 6.62. The van der Waals surface area contributed by atoms with Gasteiger partial charge in [-0.15, -0.1) is 0 Å². The Morgan fingerprint density at radius 1 is 1.00 bits per heavy atom. The average Bonchev–Trinajstić information content (AvgIpc) is 3.11. The van der Waals surface area contributed by atoms with E-state index in [0.717, 1.165) is 31.2 Å². The zero-order valence-electron chi connectivity index (χ0n) is 18.4. The lowest BCUT2D eigenvalue weighted by Crippen LogP contribution is -2.33. The number of non-ortho nitro benzene ring substituents is 1. The topological polar surface area (TPSA) is 107 Å². The highest BCUT2D eigenvalue weighted by molar-refractivity contribution is 9.10. The predicted molar refractivity (Wildman–Crippen MR) is 143 cm³/mol. The third-order valence-electron chi connectivity index (χ3n) is 5.14. The number of nitro groups is 1. The van der Waals surface area contributed by atoms with E-state index in [-0.39, 0.29) is 29.5 Å². The number of carbonyl (C=O) groups is 3. The van der Waals surface area contributed by atoms with Crippen molar-refractivity contribution in [3.8, 4) is 5.75 Å². The summed E-state index contributed by atoms with van der Waals surface area (Å²) >= 11 is 7.46. The first-order chi connectivity index (χ1) is 17.2. The van der Waals surface area contributed by atoms with Crippen molar-refractivity contribution in [1.82, 2.24) is 4.90 Å². The Balaban J connectivity index is 1.50. The maximum atomic E-state index is 13.0. The van der Waals surface area contributed by atoms with Crippen LogP contribution in [0.3, 0.4) is 0 Å². The number of Topliss-reactive ketones (excluding diaryl/α,β-unsaturated/α-hetero) is 1. The number of amides is 2. The molecule has 1 aliphatic heterocycles. The zero-order valence-corrected chi connectivity index (χ0v) is 22.3. The van der Waals surface area contributed by atoms with Gasteiger partial charge in [-0.25, -0.2) is 0 Å². The Bertz CT molecular complexity index is 1390. The van der Waals surface area contributed by atoms with E-state index >= 15 is 0 Å². The fraction of sp³-hybridized carbons (Fsp3) is 0.0800. The Morgan fingerprint density at radius 3 is 2.33 bits per heavy atom. The smallest absolute Gasteiger partial charge is 0.293 e. The van der Waals surface area contributed by atoms with Crippen molar-refractivity contribution in [3.63, 3.8) is 0 Å². The van der Waals surface area contributed by atoms with Crippen LogP contribution in [0.25, 0.3) is 6.08 Å². The summed E-state index contributed by atoms with van der Waals surface area (Å²) in [7, 11) is 0. The highest BCUT2D eigenvalue weighted by Crippen LogP contribution is 2.35. The van der Waals surface area contributed by atoms with Crippen LogP contribution in [0.15, 0.2) is 80.6 Å². The molecule has 0 spiro atoms. The minimum absolute atomic E-state index is 0.0163. The molecule has 0 N–H and O–H groups in total. The van der Waals surface area contributed by atoms with Gasteiger partial charge in [-0.2, -0.15) is 0 Å². The number of thioether (sulfide) groups is 1. The Kier molecular flexibility index (Phi) is 8.02. The van der Waals surface area contributed by atoms with Crippen molar-refractivity contribution >= 4 is 72.3 Å². The van der Waals surface area contributed by atoms with Gasteiger partial charge >= 0.3 is 0 Å². The van der Waals surface area contributed by atoms with Crippen LogP contribution < -0.4 is 4.74 Å². The second kappa shape index (κ2) is 11.2. The lowest BCUT2D eigenvalue weighted by molar-refractivity contribution is -0.384. The largest absolute Gasteiger partial charge is 0.488 e. The molecular weight excluding hydrogens is 616 g/mol. The van der Waals surface area contributed by atoms with Gasteiger partial charge in [0.15, 0.2) is 5.78 Å². The van der Waals surface area contributed by atoms with Gasteiger partial charge < -0.3 is 4.74 Å². The summed E-state index contributed by atoms with van der Waals surface area (Å²) in [6.07, 6.45) is 1.55. The fourth-order valence-electron chi connectivity index (χ4n) is 3.29. The molecule has 1 heterocycles. The monoisotopic (exact) mass is 630 g/mol. The van der Waals surface area contributed by atoms with Gasteiger partial charge in [0, 0.05) is 32.2 Å².